The van der Waals surface area contributed by atoms with Crippen LogP contribution < -0.4 is 4.74 Å². The Morgan fingerprint density at radius 3 is 2.13 bits per heavy atom. The van der Waals surface area contributed by atoms with Crippen LogP contribution in [0.2, 0.25) is 0 Å². The van der Waals surface area contributed by atoms with Crippen molar-refractivity contribution in [1.82, 2.24) is 0 Å². The Hall–Kier alpha value is -0.980. The van der Waals surface area contributed by atoms with E-state index in [4.69, 9.17) is 4.74 Å². The minimum absolute atomic E-state index is 0.255. The number of hydrogen-bond acceptors (Lipinski definition) is 1. The van der Waals surface area contributed by atoms with Gasteiger partial charge >= 0.3 is 0 Å². The van der Waals surface area contributed by atoms with Gasteiger partial charge in [0.05, 0.1) is 6.10 Å². The standard InChI is InChI=1S/C14H22O/c1-5-12(4)10-13-6-8-14(9-7-13)15-11(2)3/h6-9,11-12H,5,10H2,1-4H3. The fourth-order valence-corrected chi connectivity index (χ4v) is 1.52. The lowest BCUT2D eigenvalue weighted by atomic mass is 9.99. The second-order valence-electron chi connectivity index (χ2n) is 4.53. The molecule has 0 saturated heterocycles. The first-order valence-electron chi connectivity index (χ1n) is 5.87. The lowest BCUT2D eigenvalue weighted by Gasteiger charge is -2.11. The maximum absolute atomic E-state index is 5.60. The first-order chi connectivity index (χ1) is 7.11. The molecule has 1 aromatic rings. The second kappa shape index (κ2) is 5.79. The number of rotatable bonds is 5. The Labute approximate surface area is 93.5 Å². The molecule has 1 unspecified atom stereocenters. The molecular formula is C14H22O. The molecule has 0 amide bonds. The average molecular weight is 206 g/mol. The first-order valence-corrected chi connectivity index (χ1v) is 5.87. The Kier molecular flexibility index (Phi) is 4.67. The van der Waals surface area contributed by atoms with Crippen molar-refractivity contribution >= 4 is 0 Å². The molecule has 0 radical (unpaired) electrons. The molecule has 1 aromatic carbocycles. The van der Waals surface area contributed by atoms with Gasteiger partial charge in [-0.3, -0.25) is 0 Å². The van der Waals surface area contributed by atoms with Crippen molar-refractivity contribution in [2.24, 2.45) is 5.92 Å². The van der Waals surface area contributed by atoms with Crippen molar-refractivity contribution in [2.45, 2.75) is 46.6 Å². The lowest BCUT2D eigenvalue weighted by molar-refractivity contribution is 0.242. The molecule has 0 aliphatic rings. The number of hydrogen-bond donors (Lipinski definition) is 0. The minimum atomic E-state index is 0.255. The molecule has 1 nitrogen and oxygen atoms in total. The molecule has 1 heteroatoms. The third kappa shape index (κ3) is 4.37. The van der Waals surface area contributed by atoms with E-state index in [1.165, 1.54) is 18.4 Å². The van der Waals surface area contributed by atoms with Crippen molar-refractivity contribution in [3.05, 3.63) is 29.8 Å². The van der Waals surface area contributed by atoms with E-state index in [-0.39, 0.29) is 6.10 Å². The summed E-state index contributed by atoms with van der Waals surface area (Å²) < 4.78 is 5.60. The highest BCUT2D eigenvalue weighted by molar-refractivity contribution is 5.27. The summed E-state index contributed by atoms with van der Waals surface area (Å²) >= 11 is 0. The molecule has 0 aliphatic carbocycles. The van der Waals surface area contributed by atoms with E-state index in [1.807, 2.05) is 13.8 Å². The Morgan fingerprint density at radius 1 is 1.07 bits per heavy atom. The monoisotopic (exact) mass is 206 g/mol. The minimum Gasteiger partial charge on any atom is -0.491 e. The molecule has 0 N–H and O–H groups in total. The molecule has 0 aliphatic heterocycles. The van der Waals surface area contributed by atoms with Crippen LogP contribution in [0.25, 0.3) is 0 Å². The predicted molar refractivity (Wildman–Crippen MR) is 65.4 cm³/mol. The summed E-state index contributed by atoms with van der Waals surface area (Å²) in [5.74, 6) is 1.74. The van der Waals surface area contributed by atoms with Crippen LogP contribution in [0.1, 0.15) is 39.7 Å². The summed E-state index contributed by atoms with van der Waals surface area (Å²) in [6, 6.07) is 8.48. The highest BCUT2D eigenvalue weighted by Gasteiger charge is 2.02. The van der Waals surface area contributed by atoms with Crippen LogP contribution in [0.15, 0.2) is 24.3 Å². The van der Waals surface area contributed by atoms with Crippen LogP contribution in [0, 0.1) is 5.92 Å². The Morgan fingerprint density at radius 2 is 1.67 bits per heavy atom. The zero-order chi connectivity index (χ0) is 11.3. The maximum atomic E-state index is 5.60. The third-order valence-electron chi connectivity index (χ3n) is 2.58. The van der Waals surface area contributed by atoms with E-state index in [0.29, 0.717) is 0 Å². The molecule has 84 valence electrons. The Balaban J connectivity index is 2.56. The highest BCUT2D eigenvalue weighted by atomic mass is 16.5. The van der Waals surface area contributed by atoms with Crippen molar-refractivity contribution in [3.63, 3.8) is 0 Å². The van der Waals surface area contributed by atoms with Crippen LogP contribution in [-0.2, 0) is 6.42 Å². The van der Waals surface area contributed by atoms with E-state index < -0.39 is 0 Å². The molecule has 0 spiro atoms. The molecule has 0 saturated carbocycles. The normalized spacial score (nSPS) is 12.9. The summed E-state index contributed by atoms with van der Waals surface area (Å²) in [6.45, 7) is 8.62. The maximum Gasteiger partial charge on any atom is 0.119 e. The topological polar surface area (TPSA) is 9.23 Å². The quantitative estimate of drug-likeness (QED) is 0.706. The van der Waals surface area contributed by atoms with Crippen LogP contribution in [0.3, 0.4) is 0 Å². The van der Waals surface area contributed by atoms with Gasteiger partial charge in [-0.1, -0.05) is 32.4 Å². The lowest BCUT2D eigenvalue weighted by Crippen LogP contribution is -2.05. The second-order valence-corrected chi connectivity index (χ2v) is 4.53. The van der Waals surface area contributed by atoms with E-state index in [2.05, 4.69) is 38.1 Å². The predicted octanol–water partition coefficient (Wildman–Crippen LogP) is 4.06. The van der Waals surface area contributed by atoms with Gasteiger partial charge in [-0.2, -0.15) is 0 Å². The number of ether oxygens (including phenoxy) is 1. The SMILES string of the molecule is CCC(C)Cc1ccc(OC(C)C)cc1. The van der Waals surface area contributed by atoms with Crippen LogP contribution in [0.4, 0.5) is 0 Å². The van der Waals surface area contributed by atoms with E-state index in [1.54, 1.807) is 0 Å². The Bertz CT molecular complexity index is 274. The largest absolute Gasteiger partial charge is 0.491 e. The third-order valence-corrected chi connectivity index (χ3v) is 2.58. The van der Waals surface area contributed by atoms with Gasteiger partial charge in [0, 0.05) is 0 Å². The molecule has 1 atom stereocenters. The smallest absolute Gasteiger partial charge is 0.119 e. The van der Waals surface area contributed by atoms with Gasteiger partial charge in [0.1, 0.15) is 5.75 Å². The van der Waals surface area contributed by atoms with Crippen molar-refractivity contribution < 1.29 is 4.74 Å². The van der Waals surface area contributed by atoms with Crippen molar-refractivity contribution in [1.29, 1.82) is 0 Å². The van der Waals surface area contributed by atoms with Crippen LogP contribution in [-0.4, -0.2) is 6.10 Å². The summed E-state index contributed by atoms with van der Waals surface area (Å²) in [5.41, 5.74) is 1.40. The molecule has 0 aromatic heterocycles. The zero-order valence-electron chi connectivity index (χ0n) is 10.3. The van der Waals surface area contributed by atoms with Crippen molar-refractivity contribution in [3.8, 4) is 5.75 Å². The highest BCUT2D eigenvalue weighted by Crippen LogP contribution is 2.17. The fraction of sp³-hybridized carbons (Fsp3) is 0.571. The van der Waals surface area contributed by atoms with Crippen LogP contribution >= 0.6 is 0 Å². The summed E-state index contributed by atoms with van der Waals surface area (Å²) in [6.07, 6.45) is 2.66. The summed E-state index contributed by atoms with van der Waals surface area (Å²) in [4.78, 5) is 0. The van der Waals surface area contributed by atoms with Gasteiger partial charge in [0.2, 0.25) is 0 Å². The fourth-order valence-electron chi connectivity index (χ4n) is 1.52. The zero-order valence-corrected chi connectivity index (χ0v) is 10.3. The van der Waals surface area contributed by atoms with E-state index in [9.17, 15) is 0 Å². The molecule has 0 bridgehead atoms. The van der Waals surface area contributed by atoms with Gasteiger partial charge in [-0.05, 0) is 43.9 Å². The van der Waals surface area contributed by atoms with E-state index >= 15 is 0 Å². The van der Waals surface area contributed by atoms with Crippen molar-refractivity contribution in [2.75, 3.05) is 0 Å². The molecule has 0 fully saturated rings. The molecular weight excluding hydrogens is 184 g/mol. The molecule has 0 heterocycles. The molecule has 15 heavy (non-hydrogen) atoms. The van der Waals surface area contributed by atoms with E-state index in [0.717, 1.165) is 11.7 Å². The van der Waals surface area contributed by atoms with Crippen LogP contribution in [0.5, 0.6) is 5.75 Å². The van der Waals surface area contributed by atoms with Gasteiger partial charge in [0.15, 0.2) is 0 Å². The summed E-state index contributed by atoms with van der Waals surface area (Å²) in [5, 5.41) is 0. The van der Waals surface area contributed by atoms with Gasteiger partial charge in [-0.15, -0.1) is 0 Å². The summed E-state index contributed by atoms with van der Waals surface area (Å²) in [7, 11) is 0. The van der Waals surface area contributed by atoms with Gasteiger partial charge in [-0.25, -0.2) is 0 Å². The molecule has 1 rings (SSSR count). The number of benzene rings is 1. The van der Waals surface area contributed by atoms with Gasteiger partial charge < -0.3 is 4.74 Å². The average Bonchev–Trinajstić information content (AvgIpc) is 2.20. The van der Waals surface area contributed by atoms with Gasteiger partial charge in [0.25, 0.3) is 0 Å². The first kappa shape index (κ1) is 12.1.